The Kier molecular flexibility index (Phi) is 6.31. The second-order valence-electron chi connectivity index (χ2n) is 5.81. The molecule has 1 atom stereocenters. The third-order valence-corrected chi connectivity index (χ3v) is 4.67. The summed E-state index contributed by atoms with van der Waals surface area (Å²) in [6.45, 7) is 1.51. The Balaban J connectivity index is 2.09. The van der Waals surface area contributed by atoms with Gasteiger partial charge in [-0.15, -0.1) is 11.8 Å². The molecule has 1 unspecified atom stereocenters. The molecule has 8 heteroatoms. The molecule has 7 nitrogen and oxygen atoms in total. The summed E-state index contributed by atoms with van der Waals surface area (Å²) in [5.41, 5.74) is -0.818. The summed E-state index contributed by atoms with van der Waals surface area (Å²) in [6, 6.07) is 6.46. The number of carbonyl (C=O) groups excluding carboxylic acids is 3. The minimum atomic E-state index is -1.06. The molecule has 2 rings (SSSR count). The standard InChI is InChI=1S/C18H20O7S/c1-18(9-13(26-4)14(16(20)23-3)17(21)25-18)10-24-15(19)11-5-7-12(22-2)8-6-11/h5-8H,9-10H2,1-4H3. The van der Waals surface area contributed by atoms with Gasteiger partial charge in [-0.2, -0.15) is 0 Å². The van der Waals surface area contributed by atoms with Crippen LogP contribution in [0.25, 0.3) is 0 Å². The van der Waals surface area contributed by atoms with E-state index in [9.17, 15) is 14.4 Å². The quantitative estimate of drug-likeness (QED) is 0.422. The van der Waals surface area contributed by atoms with Crippen LogP contribution in [0.1, 0.15) is 23.7 Å². The zero-order chi connectivity index (χ0) is 19.3. The fourth-order valence-corrected chi connectivity index (χ4v) is 3.26. The Morgan fingerprint density at radius 3 is 2.38 bits per heavy atom. The molecule has 0 bridgehead atoms. The molecule has 1 aromatic rings. The Bertz CT molecular complexity index is 738. The van der Waals surface area contributed by atoms with Crippen LogP contribution >= 0.6 is 11.8 Å². The Morgan fingerprint density at radius 1 is 1.19 bits per heavy atom. The van der Waals surface area contributed by atoms with Gasteiger partial charge in [0.05, 0.1) is 19.8 Å². The highest BCUT2D eigenvalue weighted by Crippen LogP contribution is 2.36. The van der Waals surface area contributed by atoms with E-state index in [1.807, 2.05) is 0 Å². The first-order valence-electron chi connectivity index (χ1n) is 7.73. The van der Waals surface area contributed by atoms with Gasteiger partial charge >= 0.3 is 17.9 Å². The van der Waals surface area contributed by atoms with Gasteiger partial charge in [-0.25, -0.2) is 14.4 Å². The molecular weight excluding hydrogens is 360 g/mol. The van der Waals surface area contributed by atoms with Gasteiger partial charge < -0.3 is 18.9 Å². The van der Waals surface area contributed by atoms with E-state index in [-0.39, 0.29) is 18.6 Å². The number of benzene rings is 1. The molecule has 0 saturated carbocycles. The molecule has 26 heavy (non-hydrogen) atoms. The molecule has 0 aliphatic carbocycles. The number of cyclic esters (lactones) is 1. The van der Waals surface area contributed by atoms with Gasteiger partial charge in [0, 0.05) is 11.3 Å². The number of rotatable bonds is 6. The molecule has 0 N–H and O–H groups in total. The maximum atomic E-state index is 12.2. The number of hydrogen-bond acceptors (Lipinski definition) is 8. The lowest BCUT2D eigenvalue weighted by atomic mass is 9.97. The number of esters is 3. The number of carbonyl (C=O) groups is 3. The fourth-order valence-electron chi connectivity index (χ4n) is 2.44. The van der Waals surface area contributed by atoms with Crippen LogP contribution in [0.2, 0.25) is 0 Å². The maximum absolute atomic E-state index is 12.2. The van der Waals surface area contributed by atoms with Crippen molar-refractivity contribution in [3.63, 3.8) is 0 Å². The number of ether oxygens (including phenoxy) is 4. The third-order valence-electron chi connectivity index (χ3n) is 3.83. The van der Waals surface area contributed by atoms with Gasteiger partial charge in [-0.1, -0.05) is 0 Å². The minimum Gasteiger partial charge on any atom is -0.497 e. The number of hydrogen-bond donors (Lipinski definition) is 0. The first kappa shape index (κ1) is 19.8. The van der Waals surface area contributed by atoms with E-state index in [0.29, 0.717) is 16.2 Å². The zero-order valence-corrected chi connectivity index (χ0v) is 15.8. The van der Waals surface area contributed by atoms with Crippen LogP contribution in [0, 0.1) is 0 Å². The molecule has 0 fully saturated rings. The van der Waals surface area contributed by atoms with Crippen LogP contribution in [-0.2, 0) is 23.8 Å². The molecule has 0 spiro atoms. The fraction of sp³-hybridized carbons (Fsp3) is 0.389. The van der Waals surface area contributed by atoms with Gasteiger partial charge in [-0.3, -0.25) is 0 Å². The van der Waals surface area contributed by atoms with Crippen LogP contribution in [0.3, 0.4) is 0 Å². The van der Waals surface area contributed by atoms with Gasteiger partial charge in [0.2, 0.25) is 0 Å². The average Bonchev–Trinajstić information content (AvgIpc) is 2.65. The Labute approximate surface area is 155 Å². The van der Waals surface area contributed by atoms with E-state index in [4.69, 9.17) is 14.2 Å². The second-order valence-corrected chi connectivity index (χ2v) is 6.72. The summed E-state index contributed by atoms with van der Waals surface area (Å²) in [7, 11) is 2.73. The predicted molar refractivity (Wildman–Crippen MR) is 94.9 cm³/mol. The third kappa shape index (κ3) is 4.37. The molecule has 0 amide bonds. The van der Waals surface area contributed by atoms with E-state index in [1.54, 1.807) is 37.4 Å². The van der Waals surface area contributed by atoms with Crippen molar-refractivity contribution in [3.05, 3.63) is 40.3 Å². The summed E-state index contributed by atoms with van der Waals surface area (Å²) in [5, 5.41) is 0. The van der Waals surface area contributed by atoms with Crippen molar-refractivity contribution in [1.82, 2.24) is 0 Å². The van der Waals surface area contributed by atoms with Gasteiger partial charge in [0.1, 0.15) is 18.0 Å². The van der Waals surface area contributed by atoms with Crippen molar-refractivity contribution in [3.8, 4) is 5.75 Å². The Hall–Kier alpha value is -2.48. The van der Waals surface area contributed by atoms with E-state index >= 15 is 0 Å². The van der Waals surface area contributed by atoms with Gasteiger partial charge in [0.15, 0.2) is 5.57 Å². The van der Waals surface area contributed by atoms with Crippen molar-refractivity contribution in [2.45, 2.75) is 18.9 Å². The van der Waals surface area contributed by atoms with Crippen LogP contribution in [0.15, 0.2) is 34.7 Å². The predicted octanol–water partition coefficient (Wildman–Crippen LogP) is 2.35. The number of thioether (sulfide) groups is 1. The summed E-state index contributed by atoms with van der Waals surface area (Å²) in [4.78, 5) is 36.7. The van der Waals surface area contributed by atoms with Crippen molar-refractivity contribution >= 4 is 29.7 Å². The number of methoxy groups -OCH3 is 2. The van der Waals surface area contributed by atoms with E-state index in [1.165, 1.54) is 26.0 Å². The normalized spacial score (nSPS) is 19.6. The largest absolute Gasteiger partial charge is 0.497 e. The van der Waals surface area contributed by atoms with Crippen LogP contribution in [0.5, 0.6) is 5.75 Å². The van der Waals surface area contributed by atoms with E-state index < -0.39 is 23.5 Å². The highest BCUT2D eigenvalue weighted by molar-refractivity contribution is 8.02. The highest BCUT2D eigenvalue weighted by atomic mass is 32.2. The molecule has 1 aromatic carbocycles. The van der Waals surface area contributed by atoms with Crippen molar-refractivity contribution in [2.24, 2.45) is 0 Å². The zero-order valence-electron chi connectivity index (χ0n) is 15.0. The van der Waals surface area contributed by atoms with Crippen molar-refractivity contribution < 1.29 is 33.3 Å². The van der Waals surface area contributed by atoms with Crippen LogP contribution in [-0.4, -0.2) is 50.6 Å². The smallest absolute Gasteiger partial charge is 0.347 e. The summed E-state index contributed by atoms with van der Waals surface area (Å²) >= 11 is 1.26. The lowest BCUT2D eigenvalue weighted by Crippen LogP contribution is -2.43. The topological polar surface area (TPSA) is 88.1 Å². The molecular formula is C18H20O7S. The molecule has 0 saturated heterocycles. The first-order chi connectivity index (χ1) is 12.3. The molecule has 1 aliphatic rings. The second kappa shape index (κ2) is 8.27. The molecule has 1 aliphatic heterocycles. The molecule has 1 heterocycles. The highest BCUT2D eigenvalue weighted by Gasteiger charge is 2.41. The summed E-state index contributed by atoms with van der Waals surface area (Å²) in [5.74, 6) is -1.44. The van der Waals surface area contributed by atoms with Crippen molar-refractivity contribution in [1.29, 1.82) is 0 Å². The van der Waals surface area contributed by atoms with Gasteiger partial charge in [-0.05, 0) is 37.4 Å². The minimum absolute atomic E-state index is 0.112. The van der Waals surface area contributed by atoms with E-state index in [2.05, 4.69) is 4.74 Å². The van der Waals surface area contributed by atoms with Crippen molar-refractivity contribution in [2.75, 3.05) is 27.1 Å². The van der Waals surface area contributed by atoms with E-state index in [0.717, 1.165) is 0 Å². The monoisotopic (exact) mass is 380 g/mol. The average molecular weight is 380 g/mol. The van der Waals surface area contributed by atoms with Gasteiger partial charge in [0.25, 0.3) is 0 Å². The lowest BCUT2D eigenvalue weighted by molar-refractivity contribution is -0.162. The lowest BCUT2D eigenvalue weighted by Gasteiger charge is -2.34. The Morgan fingerprint density at radius 2 is 1.85 bits per heavy atom. The SMILES string of the molecule is COC(=O)C1=C(SC)CC(C)(COC(=O)c2ccc(OC)cc2)OC1=O. The summed E-state index contributed by atoms with van der Waals surface area (Å²) < 4.78 is 20.3. The molecule has 140 valence electrons. The maximum Gasteiger partial charge on any atom is 0.347 e. The summed E-state index contributed by atoms with van der Waals surface area (Å²) in [6.07, 6.45) is 2.00. The molecule has 0 aromatic heterocycles. The van der Waals surface area contributed by atoms with Crippen LogP contribution < -0.4 is 4.74 Å². The first-order valence-corrected chi connectivity index (χ1v) is 8.96. The van der Waals surface area contributed by atoms with Crippen LogP contribution in [0.4, 0.5) is 0 Å². The molecule has 0 radical (unpaired) electrons.